The van der Waals surface area contributed by atoms with Crippen LogP contribution in [0, 0.1) is 5.82 Å². The summed E-state index contributed by atoms with van der Waals surface area (Å²) in [4.78, 5) is 33.8. The smallest absolute Gasteiger partial charge is 0.258 e. The quantitative estimate of drug-likeness (QED) is 0.618. The monoisotopic (exact) mass is 451 g/mol. The third-order valence-corrected chi connectivity index (χ3v) is 4.92. The molecule has 1 N–H and O–H groups in total. The van der Waals surface area contributed by atoms with Crippen LogP contribution in [0.5, 0.6) is 0 Å². The maximum Gasteiger partial charge on any atom is 0.258 e. The number of nitrogens with one attached hydrogen (secondary N) is 1. The van der Waals surface area contributed by atoms with Gasteiger partial charge in [0.1, 0.15) is 11.6 Å². The van der Waals surface area contributed by atoms with Crippen LogP contribution in [0.3, 0.4) is 0 Å². The molecule has 5 nitrogen and oxygen atoms in total. The van der Waals surface area contributed by atoms with E-state index in [9.17, 15) is 14.0 Å². The summed E-state index contributed by atoms with van der Waals surface area (Å²) in [5, 5.41) is 0.890. The van der Waals surface area contributed by atoms with Crippen molar-refractivity contribution in [1.29, 1.82) is 0 Å². The molecule has 0 saturated heterocycles. The van der Waals surface area contributed by atoms with Crippen LogP contribution in [0.2, 0.25) is 5.02 Å². The number of H-pyrrole nitrogens is 1. The molecule has 27 heavy (non-hydrogen) atoms. The molecule has 1 amide bonds. The van der Waals surface area contributed by atoms with Crippen LogP contribution in [0.1, 0.15) is 29.5 Å². The minimum Gasteiger partial charge on any atom is -0.331 e. The lowest BCUT2D eigenvalue weighted by Crippen LogP contribution is -2.33. The van der Waals surface area contributed by atoms with Gasteiger partial charge in [0.05, 0.1) is 23.0 Å². The summed E-state index contributed by atoms with van der Waals surface area (Å²) in [6.45, 7) is 2.45. The van der Waals surface area contributed by atoms with Crippen molar-refractivity contribution in [3.63, 3.8) is 0 Å². The average Bonchev–Trinajstić information content (AvgIpc) is 2.62. The molecule has 0 unspecified atom stereocenters. The highest BCUT2D eigenvalue weighted by atomic mass is 79.9. The zero-order chi connectivity index (χ0) is 19.6. The molecule has 0 bridgehead atoms. The second-order valence-corrected chi connectivity index (χ2v) is 7.32. The van der Waals surface area contributed by atoms with Crippen molar-refractivity contribution in [2.75, 3.05) is 6.54 Å². The zero-order valence-electron chi connectivity index (χ0n) is 14.4. The zero-order valence-corrected chi connectivity index (χ0v) is 16.8. The van der Waals surface area contributed by atoms with Crippen LogP contribution < -0.4 is 5.56 Å². The predicted octanol–water partition coefficient (Wildman–Crippen LogP) is 4.53. The number of carbonyl (C=O) groups excluding carboxylic acids is 1. The van der Waals surface area contributed by atoms with Crippen molar-refractivity contribution in [1.82, 2.24) is 14.9 Å². The fourth-order valence-electron chi connectivity index (χ4n) is 2.77. The van der Waals surface area contributed by atoms with Gasteiger partial charge in [0.2, 0.25) is 0 Å². The summed E-state index contributed by atoms with van der Waals surface area (Å²) in [5.74, 6) is -0.508. The van der Waals surface area contributed by atoms with E-state index in [1.165, 1.54) is 23.1 Å². The Morgan fingerprint density at radius 1 is 1.30 bits per heavy atom. The fourth-order valence-corrected chi connectivity index (χ4v) is 3.35. The van der Waals surface area contributed by atoms with Crippen LogP contribution in [-0.2, 0) is 6.54 Å². The van der Waals surface area contributed by atoms with Crippen LogP contribution >= 0.6 is 27.5 Å². The first-order valence-corrected chi connectivity index (χ1v) is 9.49. The van der Waals surface area contributed by atoms with E-state index in [0.29, 0.717) is 39.2 Å². The largest absolute Gasteiger partial charge is 0.331 e. The van der Waals surface area contributed by atoms with Crippen molar-refractivity contribution in [2.24, 2.45) is 0 Å². The van der Waals surface area contributed by atoms with E-state index in [4.69, 9.17) is 11.6 Å². The van der Waals surface area contributed by atoms with Crippen molar-refractivity contribution < 1.29 is 9.18 Å². The van der Waals surface area contributed by atoms with Gasteiger partial charge in [-0.25, -0.2) is 9.37 Å². The molecule has 0 aliphatic rings. The molecule has 0 fully saturated rings. The first-order chi connectivity index (χ1) is 12.9. The molecule has 3 aromatic rings. The van der Waals surface area contributed by atoms with Crippen molar-refractivity contribution in [3.8, 4) is 0 Å². The molecule has 8 heteroatoms. The molecule has 1 aromatic heterocycles. The molecule has 0 saturated carbocycles. The maximum atomic E-state index is 13.6. The Kier molecular flexibility index (Phi) is 5.92. The Labute approximate surface area is 168 Å². The van der Waals surface area contributed by atoms with Gasteiger partial charge in [-0.3, -0.25) is 9.59 Å². The summed E-state index contributed by atoms with van der Waals surface area (Å²) >= 11 is 9.27. The SMILES string of the molecule is CCCN(Cc1nc2cc(Cl)ccc2c(=O)[nH]1)C(=O)c1cc(F)ccc1Br. The second kappa shape index (κ2) is 8.19. The van der Waals surface area contributed by atoms with Crippen LogP contribution in [-0.4, -0.2) is 27.3 Å². The number of nitrogens with zero attached hydrogens (tertiary/aromatic N) is 2. The molecule has 0 radical (unpaired) electrons. The number of hydrogen-bond acceptors (Lipinski definition) is 3. The summed E-state index contributed by atoms with van der Waals surface area (Å²) in [6, 6.07) is 8.78. The fraction of sp³-hybridized carbons (Fsp3) is 0.211. The Morgan fingerprint density at radius 2 is 2.07 bits per heavy atom. The Hall–Kier alpha value is -2.25. The highest BCUT2D eigenvalue weighted by Crippen LogP contribution is 2.21. The van der Waals surface area contributed by atoms with Gasteiger partial charge in [-0.05, 0) is 58.7 Å². The molecule has 0 aliphatic carbocycles. The average molecular weight is 453 g/mol. The summed E-state index contributed by atoms with van der Waals surface area (Å²) in [6.07, 6.45) is 0.697. The number of fused-ring (bicyclic) bond motifs is 1. The number of benzene rings is 2. The molecule has 0 atom stereocenters. The number of amides is 1. The van der Waals surface area contributed by atoms with E-state index in [2.05, 4.69) is 25.9 Å². The van der Waals surface area contributed by atoms with Crippen LogP contribution in [0.25, 0.3) is 10.9 Å². The minimum atomic E-state index is -0.495. The summed E-state index contributed by atoms with van der Waals surface area (Å²) < 4.78 is 14.1. The van der Waals surface area contributed by atoms with Gasteiger partial charge in [-0.2, -0.15) is 0 Å². The molecule has 2 aromatic carbocycles. The van der Waals surface area contributed by atoms with E-state index in [-0.39, 0.29) is 23.6 Å². The van der Waals surface area contributed by atoms with Crippen molar-refractivity contribution in [2.45, 2.75) is 19.9 Å². The van der Waals surface area contributed by atoms with Gasteiger partial charge in [-0.1, -0.05) is 18.5 Å². The van der Waals surface area contributed by atoms with Crippen molar-refractivity contribution in [3.05, 3.63) is 73.5 Å². The second-order valence-electron chi connectivity index (χ2n) is 6.02. The van der Waals surface area contributed by atoms with E-state index >= 15 is 0 Å². The maximum absolute atomic E-state index is 13.6. The minimum absolute atomic E-state index is 0.0906. The lowest BCUT2D eigenvalue weighted by atomic mass is 10.2. The number of aromatic amines is 1. The molecular formula is C19H16BrClFN3O2. The summed E-state index contributed by atoms with van der Waals surface area (Å²) in [5.41, 5.74) is 0.370. The summed E-state index contributed by atoms with van der Waals surface area (Å²) in [7, 11) is 0. The Morgan fingerprint density at radius 3 is 2.81 bits per heavy atom. The third-order valence-electron chi connectivity index (χ3n) is 4.00. The van der Waals surface area contributed by atoms with Gasteiger partial charge in [0.25, 0.3) is 11.5 Å². The number of hydrogen-bond donors (Lipinski definition) is 1. The first-order valence-electron chi connectivity index (χ1n) is 8.32. The van der Waals surface area contributed by atoms with E-state index < -0.39 is 5.82 Å². The van der Waals surface area contributed by atoms with Gasteiger partial charge in [-0.15, -0.1) is 0 Å². The van der Waals surface area contributed by atoms with Gasteiger partial charge < -0.3 is 9.88 Å². The third kappa shape index (κ3) is 4.36. The van der Waals surface area contributed by atoms with E-state index in [1.54, 1.807) is 18.2 Å². The Balaban J connectivity index is 1.97. The predicted molar refractivity (Wildman–Crippen MR) is 107 cm³/mol. The molecule has 0 aliphatic heterocycles. The molecular weight excluding hydrogens is 437 g/mol. The standard InChI is InChI=1S/C19H16BrClFN3O2/c1-2-7-25(19(27)14-9-12(22)4-6-15(14)20)10-17-23-16-8-11(21)3-5-13(16)18(26)24-17/h3-6,8-9H,2,7,10H2,1H3,(H,23,24,26). The number of halogens is 3. The Bertz CT molecular complexity index is 1070. The van der Waals surface area contributed by atoms with Gasteiger partial charge in [0, 0.05) is 16.0 Å². The molecule has 3 rings (SSSR count). The van der Waals surface area contributed by atoms with E-state index in [1.807, 2.05) is 6.92 Å². The first kappa shape index (κ1) is 19.5. The molecule has 140 valence electrons. The van der Waals surface area contributed by atoms with Gasteiger partial charge in [0.15, 0.2) is 0 Å². The molecule has 0 spiro atoms. The number of aromatic nitrogens is 2. The highest BCUT2D eigenvalue weighted by Gasteiger charge is 2.20. The normalized spacial score (nSPS) is 11.0. The highest BCUT2D eigenvalue weighted by molar-refractivity contribution is 9.10. The topological polar surface area (TPSA) is 66.1 Å². The van der Waals surface area contributed by atoms with Gasteiger partial charge >= 0.3 is 0 Å². The number of carbonyl (C=O) groups is 1. The van der Waals surface area contributed by atoms with Crippen LogP contribution in [0.4, 0.5) is 4.39 Å². The number of rotatable bonds is 5. The van der Waals surface area contributed by atoms with E-state index in [0.717, 1.165) is 0 Å². The lowest BCUT2D eigenvalue weighted by molar-refractivity contribution is 0.0737. The molecule has 1 heterocycles. The van der Waals surface area contributed by atoms with Crippen LogP contribution in [0.15, 0.2) is 45.7 Å². The lowest BCUT2D eigenvalue weighted by Gasteiger charge is -2.22. The van der Waals surface area contributed by atoms with Crippen molar-refractivity contribution >= 4 is 44.3 Å².